The third kappa shape index (κ3) is 5.26. The molecule has 4 aromatic rings. The molecule has 1 fully saturated rings. The maximum absolute atomic E-state index is 13.4. The summed E-state index contributed by atoms with van der Waals surface area (Å²) in [6.45, 7) is 0.935. The number of hydrogen-bond donors (Lipinski definition) is 1. The van der Waals surface area contributed by atoms with Crippen LogP contribution < -0.4 is 10.1 Å². The Hall–Kier alpha value is -3.99. The molecule has 1 amide bonds. The van der Waals surface area contributed by atoms with E-state index in [2.05, 4.69) is 20.8 Å². The van der Waals surface area contributed by atoms with Crippen molar-refractivity contribution in [2.75, 3.05) is 13.7 Å². The van der Waals surface area contributed by atoms with Gasteiger partial charge in [0.25, 0.3) is 0 Å². The number of ether oxygens (including phenoxy) is 1. The van der Waals surface area contributed by atoms with Crippen LogP contribution in [0.15, 0.2) is 67.0 Å². The van der Waals surface area contributed by atoms with Crippen molar-refractivity contribution in [3.05, 3.63) is 83.7 Å². The number of halogens is 3. The van der Waals surface area contributed by atoms with E-state index in [9.17, 15) is 18.0 Å². The van der Waals surface area contributed by atoms with Crippen molar-refractivity contribution in [3.63, 3.8) is 0 Å². The van der Waals surface area contributed by atoms with Gasteiger partial charge in [-0.1, -0.05) is 42.5 Å². The van der Waals surface area contributed by atoms with E-state index in [0.717, 1.165) is 28.5 Å². The van der Waals surface area contributed by atoms with Gasteiger partial charge in [0, 0.05) is 25.2 Å². The molecule has 2 heterocycles. The van der Waals surface area contributed by atoms with Crippen molar-refractivity contribution in [2.24, 2.45) is 0 Å². The van der Waals surface area contributed by atoms with Gasteiger partial charge in [0.1, 0.15) is 12.1 Å². The minimum absolute atomic E-state index is 0.0137. The number of alkyl halides is 3. The van der Waals surface area contributed by atoms with Crippen LogP contribution in [-0.2, 0) is 24.1 Å². The molecule has 0 saturated carbocycles. The first-order valence-electron chi connectivity index (χ1n) is 11.8. The number of likely N-dealkylation sites (tertiary alicyclic amines) is 1. The molecule has 1 aliphatic heterocycles. The molecule has 0 spiro atoms. The molecule has 1 aromatic heterocycles. The Kier molecular flexibility index (Phi) is 6.79. The Balaban J connectivity index is 1.39. The van der Waals surface area contributed by atoms with Crippen molar-refractivity contribution in [1.82, 2.24) is 30.4 Å². The summed E-state index contributed by atoms with van der Waals surface area (Å²) >= 11 is 0. The first-order chi connectivity index (χ1) is 17.8. The molecule has 192 valence electrons. The lowest BCUT2D eigenvalue weighted by molar-refractivity contribution is -0.137. The number of methoxy groups -OCH3 is 1. The monoisotopic (exact) mass is 510 g/mol. The van der Waals surface area contributed by atoms with Crippen LogP contribution in [0, 0.1) is 0 Å². The van der Waals surface area contributed by atoms with Gasteiger partial charge in [-0.15, -0.1) is 5.10 Å². The highest BCUT2D eigenvalue weighted by Gasteiger charge is 2.39. The first-order valence-corrected chi connectivity index (χ1v) is 11.8. The van der Waals surface area contributed by atoms with E-state index in [1.54, 1.807) is 17.9 Å². The number of carbonyl (C=O) groups is 1. The number of tetrazole rings is 1. The molecule has 1 saturated heterocycles. The van der Waals surface area contributed by atoms with E-state index < -0.39 is 17.8 Å². The molecule has 0 aliphatic carbocycles. The topological polar surface area (TPSA) is 85.2 Å². The van der Waals surface area contributed by atoms with Crippen LogP contribution in [0.2, 0.25) is 0 Å². The van der Waals surface area contributed by atoms with Crippen LogP contribution in [0.25, 0.3) is 10.8 Å². The number of fused-ring (bicyclic) bond motifs is 1. The number of amides is 1. The fourth-order valence-electron chi connectivity index (χ4n) is 4.89. The van der Waals surface area contributed by atoms with Gasteiger partial charge >= 0.3 is 6.18 Å². The van der Waals surface area contributed by atoms with Crippen LogP contribution in [-0.4, -0.2) is 50.7 Å². The molecule has 0 bridgehead atoms. The number of nitrogens with zero attached hydrogens (tertiary/aromatic N) is 5. The largest absolute Gasteiger partial charge is 0.496 e. The minimum Gasteiger partial charge on any atom is -0.496 e. The van der Waals surface area contributed by atoms with Crippen LogP contribution in [0.1, 0.15) is 29.2 Å². The van der Waals surface area contributed by atoms with E-state index in [1.165, 1.54) is 12.4 Å². The zero-order valence-electron chi connectivity index (χ0n) is 20.0. The predicted octanol–water partition coefficient (Wildman–Crippen LogP) is 3.99. The van der Waals surface area contributed by atoms with Crippen molar-refractivity contribution in [3.8, 4) is 5.75 Å². The second-order valence-electron chi connectivity index (χ2n) is 9.01. The number of rotatable bonds is 7. The molecule has 0 radical (unpaired) electrons. The van der Waals surface area contributed by atoms with Gasteiger partial charge in [0.15, 0.2) is 0 Å². The summed E-state index contributed by atoms with van der Waals surface area (Å²) < 4.78 is 46.6. The van der Waals surface area contributed by atoms with E-state index >= 15 is 0 Å². The first kappa shape index (κ1) is 24.7. The van der Waals surface area contributed by atoms with E-state index in [4.69, 9.17) is 4.74 Å². The maximum atomic E-state index is 13.4. The lowest BCUT2D eigenvalue weighted by Gasteiger charge is -2.25. The summed E-state index contributed by atoms with van der Waals surface area (Å²) in [4.78, 5) is 15.4. The molecule has 5 rings (SSSR count). The van der Waals surface area contributed by atoms with Crippen LogP contribution in [0.5, 0.6) is 5.75 Å². The number of benzene rings is 3. The van der Waals surface area contributed by atoms with Gasteiger partial charge in [0.05, 0.1) is 24.8 Å². The van der Waals surface area contributed by atoms with Gasteiger partial charge in [-0.05, 0) is 51.4 Å². The van der Waals surface area contributed by atoms with Crippen molar-refractivity contribution >= 4 is 16.7 Å². The fraction of sp³-hybridized carbons (Fsp3) is 0.308. The quantitative estimate of drug-likeness (QED) is 0.405. The Bertz CT molecular complexity index is 1390. The SMILES string of the molecule is COc1ccc2ccccc2c1CN1C[C@H](n2cnnn2)C[C@H]1C(=O)NCc1cccc(C(F)(F)F)c1. The van der Waals surface area contributed by atoms with Crippen molar-refractivity contribution < 1.29 is 22.7 Å². The smallest absolute Gasteiger partial charge is 0.416 e. The average molecular weight is 511 g/mol. The summed E-state index contributed by atoms with van der Waals surface area (Å²) in [6, 6.07) is 16.2. The van der Waals surface area contributed by atoms with E-state index in [-0.39, 0.29) is 18.5 Å². The van der Waals surface area contributed by atoms with E-state index in [0.29, 0.717) is 30.8 Å². The summed E-state index contributed by atoms with van der Waals surface area (Å²) in [6.07, 6.45) is -2.48. The fourth-order valence-corrected chi connectivity index (χ4v) is 4.89. The lowest BCUT2D eigenvalue weighted by atomic mass is 10.0. The average Bonchev–Trinajstić information content (AvgIpc) is 3.58. The van der Waals surface area contributed by atoms with Crippen LogP contribution in [0.3, 0.4) is 0 Å². The summed E-state index contributed by atoms with van der Waals surface area (Å²) in [5.74, 6) is 0.444. The number of nitrogens with one attached hydrogen (secondary N) is 1. The molecule has 8 nitrogen and oxygen atoms in total. The zero-order valence-corrected chi connectivity index (χ0v) is 20.0. The molecular formula is C26H25F3N6O2. The van der Waals surface area contributed by atoms with Gasteiger partial charge < -0.3 is 10.1 Å². The highest BCUT2D eigenvalue weighted by atomic mass is 19.4. The highest BCUT2D eigenvalue weighted by molar-refractivity contribution is 5.88. The zero-order chi connectivity index (χ0) is 26.0. The Morgan fingerprint density at radius 3 is 2.73 bits per heavy atom. The molecule has 3 aromatic carbocycles. The summed E-state index contributed by atoms with van der Waals surface area (Å²) in [7, 11) is 1.61. The third-order valence-electron chi connectivity index (χ3n) is 6.72. The Labute approximate surface area is 211 Å². The summed E-state index contributed by atoms with van der Waals surface area (Å²) in [5, 5.41) is 16.4. The Morgan fingerprint density at radius 2 is 1.97 bits per heavy atom. The standard InChI is InChI=1S/C26H25F3N6O2/c1-37-24-10-9-18-6-2-3-8-21(18)22(24)15-34-14-20(35-16-31-32-33-35)12-23(34)25(36)30-13-17-5-4-7-19(11-17)26(27,28)29/h2-11,16,20,23H,12-15H2,1H3,(H,30,36)/t20-,23+/m1/s1. The van der Waals surface area contributed by atoms with Gasteiger partial charge in [-0.25, -0.2) is 4.68 Å². The van der Waals surface area contributed by atoms with Gasteiger partial charge in [-0.3, -0.25) is 9.69 Å². The second-order valence-corrected chi connectivity index (χ2v) is 9.01. The van der Waals surface area contributed by atoms with Crippen molar-refractivity contribution in [2.45, 2.75) is 37.8 Å². The number of hydrogen-bond acceptors (Lipinski definition) is 6. The molecule has 0 unspecified atom stereocenters. The van der Waals surface area contributed by atoms with Gasteiger partial charge in [-0.2, -0.15) is 13.2 Å². The maximum Gasteiger partial charge on any atom is 0.416 e. The van der Waals surface area contributed by atoms with Crippen LogP contribution in [0.4, 0.5) is 13.2 Å². The lowest BCUT2D eigenvalue weighted by Crippen LogP contribution is -2.42. The molecule has 37 heavy (non-hydrogen) atoms. The minimum atomic E-state index is -4.45. The highest BCUT2D eigenvalue weighted by Crippen LogP contribution is 2.34. The predicted molar refractivity (Wildman–Crippen MR) is 129 cm³/mol. The van der Waals surface area contributed by atoms with Gasteiger partial charge in [0.2, 0.25) is 5.91 Å². The molecular weight excluding hydrogens is 485 g/mol. The normalized spacial score (nSPS) is 18.3. The Morgan fingerprint density at radius 1 is 1.14 bits per heavy atom. The second kappa shape index (κ2) is 10.2. The number of aromatic nitrogens is 4. The van der Waals surface area contributed by atoms with E-state index in [1.807, 2.05) is 41.3 Å². The molecule has 11 heteroatoms. The molecule has 1 N–H and O–H groups in total. The number of carbonyl (C=O) groups excluding carboxylic acids is 1. The van der Waals surface area contributed by atoms with Crippen LogP contribution >= 0.6 is 0 Å². The third-order valence-corrected chi connectivity index (χ3v) is 6.72. The molecule has 2 atom stereocenters. The van der Waals surface area contributed by atoms with Crippen molar-refractivity contribution in [1.29, 1.82) is 0 Å². The molecule has 1 aliphatic rings. The summed E-state index contributed by atoms with van der Waals surface area (Å²) in [5.41, 5.74) is 0.581.